The van der Waals surface area contributed by atoms with E-state index in [9.17, 15) is 14.4 Å². The summed E-state index contributed by atoms with van der Waals surface area (Å²) in [5, 5.41) is 8.77. The Morgan fingerprint density at radius 2 is 1.86 bits per heavy atom. The molecule has 150 valence electrons. The lowest BCUT2D eigenvalue weighted by molar-refractivity contribution is -0.163. The van der Waals surface area contributed by atoms with Crippen molar-refractivity contribution in [2.45, 2.75) is 58.3 Å². The molecule has 0 spiro atoms. The molecule has 1 aliphatic rings. The number of nitrogens with zero attached hydrogens (tertiary/aromatic N) is 2. The Bertz CT molecular complexity index is 748. The summed E-state index contributed by atoms with van der Waals surface area (Å²) < 4.78 is 10.8. The van der Waals surface area contributed by atoms with Gasteiger partial charge in [0, 0.05) is 12.5 Å². The molecule has 0 saturated carbocycles. The molecule has 0 aliphatic carbocycles. The Kier molecular flexibility index (Phi) is 7.16. The van der Waals surface area contributed by atoms with E-state index in [1.165, 1.54) is 4.90 Å². The highest BCUT2D eigenvalue weighted by molar-refractivity contribution is 5.86. The smallest absolute Gasteiger partial charge is 0.410 e. The summed E-state index contributed by atoms with van der Waals surface area (Å²) in [7, 11) is 0. The Hall–Kier alpha value is -2.88. The van der Waals surface area contributed by atoms with E-state index in [2.05, 4.69) is 0 Å². The van der Waals surface area contributed by atoms with Gasteiger partial charge in [0.15, 0.2) is 5.78 Å². The number of ketones is 1. The van der Waals surface area contributed by atoms with Crippen LogP contribution in [0.15, 0.2) is 30.3 Å². The van der Waals surface area contributed by atoms with E-state index in [4.69, 9.17) is 14.7 Å². The number of carbonyl (C=O) groups is 3. The number of rotatable bonds is 5. The van der Waals surface area contributed by atoms with Gasteiger partial charge >= 0.3 is 12.1 Å². The van der Waals surface area contributed by atoms with E-state index in [1.54, 1.807) is 20.8 Å². The van der Waals surface area contributed by atoms with Crippen LogP contribution in [0.25, 0.3) is 0 Å². The zero-order chi connectivity index (χ0) is 20.7. The molecule has 0 unspecified atom stereocenters. The SMILES string of the molecule is CC(C)(C)OC(=O)[C@@H]1CC[C@H](C(=O)CC#N)CN1C(=O)OCc1ccccc1. The highest BCUT2D eigenvalue weighted by atomic mass is 16.6. The van der Waals surface area contributed by atoms with Gasteiger partial charge in [0.05, 0.1) is 12.5 Å². The van der Waals surface area contributed by atoms with E-state index < -0.39 is 29.6 Å². The van der Waals surface area contributed by atoms with Crippen molar-refractivity contribution < 1.29 is 23.9 Å². The monoisotopic (exact) mass is 386 g/mol. The summed E-state index contributed by atoms with van der Waals surface area (Å²) in [6, 6.07) is 10.2. The van der Waals surface area contributed by atoms with Gasteiger partial charge in [0.2, 0.25) is 0 Å². The fraction of sp³-hybridized carbons (Fsp3) is 0.524. The van der Waals surface area contributed by atoms with Crippen LogP contribution in [-0.4, -0.2) is 40.9 Å². The normalized spacial score (nSPS) is 19.4. The topological polar surface area (TPSA) is 96.7 Å². The number of esters is 1. The van der Waals surface area contributed by atoms with Crippen molar-refractivity contribution in [1.82, 2.24) is 4.90 Å². The molecule has 1 fully saturated rings. The molecule has 1 amide bonds. The van der Waals surface area contributed by atoms with Crippen molar-refractivity contribution in [1.29, 1.82) is 5.26 Å². The number of carbonyl (C=O) groups excluding carboxylic acids is 3. The van der Waals surface area contributed by atoms with Crippen LogP contribution in [-0.2, 0) is 25.7 Å². The maximum atomic E-state index is 12.7. The molecule has 0 radical (unpaired) electrons. The second-order valence-electron chi connectivity index (χ2n) is 7.82. The van der Waals surface area contributed by atoms with Crippen LogP contribution in [0, 0.1) is 17.2 Å². The summed E-state index contributed by atoms with van der Waals surface area (Å²) in [5.41, 5.74) is 0.128. The van der Waals surface area contributed by atoms with Gasteiger partial charge in [-0.05, 0) is 39.2 Å². The predicted octanol–water partition coefficient (Wildman–Crippen LogP) is 3.23. The van der Waals surface area contributed by atoms with Crippen molar-refractivity contribution in [3.8, 4) is 6.07 Å². The van der Waals surface area contributed by atoms with Crippen molar-refractivity contribution in [2.75, 3.05) is 6.54 Å². The average Bonchev–Trinajstić information content (AvgIpc) is 2.65. The molecule has 0 aromatic heterocycles. The predicted molar refractivity (Wildman–Crippen MR) is 101 cm³/mol. The lowest BCUT2D eigenvalue weighted by Gasteiger charge is -2.37. The minimum atomic E-state index is -0.811. The quantitative estimate of drug-likeness (QED) is 0.721. The molecule has 0 bridgehead atoms. The fourth-order valence-corrected chi connectivity index (χ4v) is 3.07. The second-order valence-corrected chi connectivity index (χ2v) is 7.82. The van der Waals surface area contributed by atoms with Crippen LogP contribution in [0.1, 0.15) is 45.6 Å². The maximum absolute atomic E-state index is 12.7. The lowest BCUT2D eigenvalue weighted by Crippen LogP contribution is -2.53. The molecular formula is C21H26N2O5. The first-order chi connectivity index (χ1) is 13.2. The summed E-state index contributed by atoms with van der Waals surface area (Å²) in [4.78, 5) is 38.7. The molecule has 1 aliphatic heterocycles. The highest BCUT2D eigenvalue weighted by Gasteiger charge is 2.40. The second kappa shape index (κ2) is 9.36. The molecule has 28 heavy (non-hydrogen) atoms. The number of hydrogen-bond donors (Lipinski definition) is 0. The molecule has 1 saturated heterocycles. The van der Waals surface area contributed by atoms with Crippen LogP contribution in [0.3, 0.4) is 0 Å². The number of benzene rings is 1. The first-order valence-electron chi connectivity index (χ1n) is 9.31. The van der Waals surface area contributed by atoms with E-state index >= 15 is 0 Å². The number of ether oxygens (including phenoxy) is 2. The van der Waals surface area contributed by atoms with Gasteiger partial charge in [-0.2, -0.15) is 5.26 Å². The zero-order valence-corrected chi connectivity index (χ0v) is 16.5. The number of Topliss-reactive ketones (excluding diaryl/α,β-unsaturated/α-hetero) is 1. The zero-order valence-electron chi connectivity index (χ0n) is 16.5. The summed E-state index contributed by atoms with van der Waals surface area (Å²) >= 11 is 0. The molecule has 7 nitrogen and oxygen atoms in total. The van der Waals surface area contributed by atoms with E-state index in [-0.39, 0.29) is 31.8 Å². The third-order valence-electron chi connectivity index (χ3n) is 4.41. The minimum absolute atomic E-state index is 0.0397. The van der Waals surface area contributed by atoms with Gasteiger partial charge in [-0.3, -0.25) is 9.69 Å². The van der Waals surface area contributed by atoms with E-state index in [1.807, 2.05) is 36.4 Å². The van der Waals surface area contributed by atoms with Crippen LogP contribution in [0.2, 0.25) is 0 Å². The summed E-state index contributed by atoms with van der Waals surface area (Å²) in [6.45, 7) is 5.37. The number of piperidine rings is 1. The molecule has 1 heterocycles. The van der Waals surface area contributed by atoms with Crippen molar-refractivity contribution in [3.05, 3.63) is 35.9 Å². The van der Waals surface area contributed by atoms with Crippen LogP contribution in [0.5, 0.6) is 0 Å². The first kappa shape index (κ1) is 21.4. The van der Waals surface area contributed by atoms with E-state index in [0.717, 1.165) is 5.56 Å². The van der Waals surface area contributed by atoms with Crippen molar-refractivity contribution >= 4 is 17.8 Å². The van der Waals surface area contributed by atoms with Gasteiger partial charge < -0.3 is 9.47 Å². The highest BCUT2D eigenvalue weighted by Crippen LogP contribution is 2.26. The van der Waals surface area contributed by atoms with Gasteiger partial charge in [-0.1, -0.05) is 30.3 Å². The number of hydrogen-bond acceptors (Lipinski definition) is 6. The Balaban J connectivity index is 2.12. The molecule has 2 rings (SSSR count). The Labute approximate surface area is 165 Å². The van der Waals surface area contributed by atoms with Crippen LogP contribution in [0.4, 0.5) is 4.79 Å². The largest absolute Gasteiger partial charge is 0.458 e. The Morgan fingerprint density at radius 1 is 1.18 bits per heavy atom. The third-order valence-corrected chi connectivity index (χ3v) is 4.41. The minimum Gasteiger partial charge on any atom is -0.458 e. The molecule has 1 aromatic rings. The number of nitriles is 1. The molecule has 2 atom stereocenters. The average molecular weight is 386 g/mol. The first-order valence-corrected chi connectivity index (χ1v) is 9.31. The Morgan fingerprint density at radius 3 is 2.46 bits per heavy atom. The van der Waals surface area contributed by atoms with Crippen LogP contribution < -0.4 is 0 Å². The number of likely N-dealkylation sites (tertiary alicyclic amines) is 1. The fourth-order valence-electron chi connectivity index (χ4n) is 3.07. The molecule has 7 heteroatoms. The standard InChI is InChI=1S/C21H26N2O5/c1-21(2,3)28-19(25)17-10-9-16(18(24)11-12-22)13-23(17)20(26)27-14-15-7-5-4-6-8-15/h4-8,16-17H,9-11,13-14H2,1-3H3/t16-,17-/m0/s1. The van der Waals surface area contributed by atoms with Gasteiger partial charge in [-0.25, -0.2) is 9.59 Å². The lowest BCUT2D eigenvalue weighted by atomic mass is 9.88. The molecule has 0 N–H and O–H groups in total. The van der Waals surface area contributed by atoms with Gasteiger partial charge in [0.25, 0.3) is 0 Å². The maximum Gasteiger partial charge on any atom is 0.410 e. The summed E-state index contributed by atoms with van der Waals surface area (Å²) in [5.74, 6) is -1.23. The van der Waals surface area contributed by atoms with Crippen LogP contribution >= 0.6 is 0 Å². The van der Waals surface area contributed by atoms with E-state index in [0.29, 0.717) is 6.42 Å². The molecule has 1 aromatic carbocycles. The van der Waals surface area contributed by atoms with Crippen molar-refractivity contribution in [2.24, 2.45) is 5.92 Å². The number of amides is 1. The third kappa shape index (κ3) is 6.08. The van der Waals surface area contributed by atoms with Gasteiger partial charge in [0.1, 0.15) is 18.2 Å². The molecular weight excluding hydrogens is 360 g/mol. The van der Waals surface area contributed by atoms with Gasteiger partial charge in [-0.15, -0.1) is 0 Å². The van der Waals surface area contributed by atoms with Crippen molar-refractivity contribution in [3.63, 3.8) is 0 Å². The summed E-state index contributed by atoms with van der Waals surface area (Å²) in [6.07, 6.45) is -0.173.